The van der Waals surface area contributed by atoms with Gasteiger partial charge in [0.15, 0.2) is 0 Å². The standard InChI is InChI=1S/C26H50O4.C9H12/c1-3-5-7-9-15-19-23-29-25(27)21-17-13-11-12-14-18-22-26(28)30-24-20-16-10-8-6-4-2;1-7-4-5-8(2)9(3)6-7/h3-24H2,1-2H3;4-6H,1-3H3. The number of esters is 2. The maximum Gasteiger partial charge on any atom is 0.305 e. The number of rotatable bonds is 23. The van der Waals surface area contributed by atoms with Crippen LogP contribution in [0.2, 0.25) is 0 Å². The Labute approximate surface area is 242 Å². The number of unbranched alkanes of at least 4 members (excludes halogenated alkanes) is 15. The maximum atomic E-state index is 11.7. The van der Waals surface area contributed by atoms with E-state index in [9.17, 15) is 9.59 Å². The van der Waals surface area contributed by atoms with Gasteiger partial charge < -0.3 is 9.47 Å². The van der Waals surface area contributed by atoms with Crippen LogP contribution in [0.1, 0.15) is 159 Å². The normalized spacial score (nSPS) is 10.6. The average Bonchev–Trinajstić information content (AvgIpc) is 2.91. The molecule has 0 heterocycles. The summed E-state index contributed by atoms with van der Waals surface area (Å²) in [5.41, 5.74) is 4.11. The highest BCUT2D eigenvalue weighted by Crippen LogP contribution is 2.11. The van der Waals surface area contributed by atoms with Crippen LogP contribution in [0.15, 0.2) is 18.2 Å². The predicted molar refractivity (Wildman–Crippen MR) is 166 cm³/mol. The van der Waals surface area contributed by atoms with Gasteiger partial charge in [-0.2, -0.15) is 0 Å². The topological polar surface area (TPSA) is 52.6 Å². The van der Waals surface area contributed by atoms with Crippen LogP contribution < -0.4 is 0 Å². The zero-order chi connectivity index (χ0) is 29.0. The minimum Gasteiger partial charge on any atom is -0.466 e. The Morgan fingerprint density at radius 2 is 0.897 bits per heavy atom. The number of benzene rings is 1. The molecule has 0 aromatic heterocycles. The van der Waals surface area contributed by atoms with Crippen LogP contribution in [0.25, 0.3) is 0 Å². The van der Waals surface area contributed by atoms with Crippen LogP contribution in [0.3, 0.4) is 0 Å². The quantitative estimate of drug-likeness (QED) is 0.101. The molecular weight excluding hydrogens is 484 g/mol. The third kappa shape index (κ3) is 26.2. The van der Waals surface area contributed by atoms with Gasteiger partial charge in [0.1, 0.15) is 0 Å². The van der Waals surface area contributed by atoms with E-state index < -0.39 is 0 Å². The molecule has 226 valence electrons. The minimum absolute atomic E-state index is 0.0448. The minimum atomic E-state index is -0.0448. The number of ether oxygens (including phenoxy) is 2. The summed E-state index contributed by atoms with van der Waals surface area (Å²) in [5.74, 6) is -0.0895. The lowest BCUT2D eigenvalue weighted by Crippen LogP contribution is -2.06. The largest absolute Gasteiger partial charge is 0.466 e. The van der Waals surface area contributed by atoms with Gasteiger partial charge in [-0.15, -0.1) is 0 Å². The molecule has 0 aliphatic rings. The fourth-order valence-corrected chi connectivity index (χ4v) is 4.42. The molecule has 39 heavy (non-hydrogen) atoms. The fraction of sp³-hybridized carbons (Fsp3) is 0.771. The number of hydrogen-bond acceptors (Lipinski definition) is 4. The van der Waals surface area contributed by atoms with E-state index in [0.29, 0.717) is 26.1 Å². The van der Waals surface area contributed by atoms with Gasteiger partial charge in [0, 0.05) is 12.8 Å². The smallest absolute Gasteiger partial charge is 0.305 e. The van der Waals surface area contributed by atoms with Gasteiger partial charge >= 0.3 is 11.9 Å². The molecule has 0 N–H and O–H groups in total. The van der Waals surface area contributed by atoms with Crippen LogP contribution in [0.4, 0.5) is 0 Å². The van der Waals surface area contributed by atoms with Crippen molar-refractivity contribution < 1.29 is 19.1 Å². The first kappa shape index (κ1) is 37.2. The summed E-state index contributed by atoms with van der Waals surface area (Å²) in [5, 5.41) is 0. The summed E-state index contributed by atoms with van der Waals surface area (Å²) in [6.45, 7) is 12.0. The molecule has 1 aromatic rings. The summed E-state index contributed by atoms with van der Waals surface area (Å²) in [7, 11) is 0. The van der Waals surface area contributed by atoms with Gasteiger partial charge in [-0.05, 0) is 57.6 Å². The van der Waals surface area contributed by atoms with Crippen molar-refractivity contribution in [2.24, 2.45) is 0 Å². The van der Waals surface area contributed by atoms with Crippen molar-refractivity contribution in [3.05, 3.63) is 34.9 Å². The zero-order valence-corrected chi connectivity index (χ0v) is 26.4. The molecule has 0 saturated heterocycles. The van der Waals surface area contributed by atoms with E-state index in [1.807, 2.05) is 0 Å². The first-order chi connectivity index (χ1) is 18.9. The van der Waals surface area contributed by atoms with Gasteiger partial charge in [0.2, 0.25) is 0 Å². The van der Waals surface area contributed by atoms with Gasteiger partial charge in [0.25, 0.3) is 0 Å². The van der Waals surface area contributed by atoms with Crippen LogP contribution >= 0.6 is 0 Å². The first-order valence-electron chi connectivity index (χ1n) is 16.3. The van der Waals surface area contributed by atoms with Crippen LogP contribution in [0, 0.1) is 20.8 Å². The lowest BCUT2D eigenvalue weighted by atomic mass is 10.1. The van der Waals surface area contributed by atoms with E-state index >= 15 is 0 Å². The summed E-state index contributed by atoms with van der Waals surface area (Å²) in [6.07, 6.45) is 21.9. The van der Waals surface area contributed by atoms with Crippen molar-refractivity contribution in [3.8, 4) is 0 Å². The van der Waals surface area contributed by atoms with E-state index in [1.165, 1.54) is 80.9 Å². The monoisotopic (exact) mass is 546 g/mol. The molecule has 1 rings (SSSR count). The van der Waals surface area contributed by atoms with Gasteiger partial charge in [0.05, 0.1) is 13.2 Å². The first-order valence-corrected chi connectivity index (χ1v) is 16.3. The van der Waals surface area contributed by atoms with Crippen LogP contribution in [0.5, 0.6) is 0 Å². The molecule has 0 saturated carbocycles. The molecular formula is C35H62O4. The van der Waals surface area contributed by atoms with Crippen molar-refractivity contribution in [3.63, 3.8) is 0 Å². The molecule has 0 aliphatic heterocycles. The fourth-order valence-electron chi connectivity index (χ4n) is 4.42. The summed E-state index contributed by atoms with van der Waals surface area (Å²) < 4.78 is 10.6. The van der Waals surface area contributed by atoms with Crippen molar-refractivity contribution in [1.82, 2.24) is 0 Å². The molecule has 0 amide bonds. The summed E-state index contributed by atoms with van der Waals surface area (Å²) in [4.78, 5) is 23.4. The van der Waals surface area contributed by atoms with Crippen LogP contribution in [-0.4, -0.2) is 25.2 Å². The average molecular weight is 547 g/mol. The highest BCUT2D eigenvalue weighted by atomic mass is 16.5. The zero-order valence-electron chi connectivity index (χ0n) is 26.4. The molecule has 0 atom stereocenters. The van der Waals surface area contributed by atoms with E-state index in [4.69, 9.17) is 9.47 Å². The third-order valence-corrected chi connectivity index (χ3v) is 7.20. The number of carbonyl (C=O) groups is 2. The molecule has 0 spiro atoms. The van der Waals surface area contributed by atoms with E-state index in [2.05, 4.69) is 52.8 Å². The van der Waals surface area contributed by atoms with E-state index in [-0.39, 0.29) is 11.9 Å². The molecule has 0 bridgehead atoms. The molecule has 4 heteroatoms. The van der Waals surface area contributed by atoms with Crippen molar-refractivity contribution in [2.75, 3.05) is 13.2 Å². The molecule has 4 nitrogen and oxygen atoms in total. The summed E-state index contributed by atoms with van der Waals surface area (Å²) >= 11 is 0. The highest BCUT2D eigenvalue weighted by Gasteiger charge is 2.04. The Hall–Kier alpha value is -1.84. The lowest BCUT2D eigenvalue weighted by Gasteiger charge is -2.06. The number of aryl methyl sites for hydroxylation is 3. The molecule has 0 aliphatic carbocycles. The van der Waals surface area contributed by atoms with Gasteiger partial charge in [-0.1, -0.05) is 128 Å². The maximum absolute atomic E-state index is 11.7. The Bertz CT molecular complexity index is 677. The van der Waals surface area contributed by atoms with Crippen molar-refractivity contribution in [2.45, 2.75) is 163 Å². The third-order valence-electron chi connectivity index (χ3n) is 7.20. The van der Waals surface area contributed by atoms with Gasteiger partial charge in [-0.25, -0.2) is 0 Å². The summed E-state index contributed by atoms with van der Waals surface area (Å²) in [6, 6.07) is 6.50. The van der Waals surface area contributed by atoms with Crippen LogP contribution in [-0.2, 0) is 19.1 Å². The SMILES string of the molecule is CCCCCCCCOC(=O)CCCCCCCCC(=O)OCCCCCCCC.Cc1ccc(C)c(C)c1. The molecule has 0 fully saturated rings. The number of carbonyl (C=O) groups excluding carboxylic acids is 2. The van der Waals surface area contributed by atoms with E-state index in [0.717, 1.165) is 51.4 Å². The second kappa shape index (κ2) is 27.7. The Kier molecular flexibility index (Phi) is 26.4. The van der Waals surface area contributed by atoms with Crippen molar-refractivity contribution in [1.29, 1.82) is 0 Å². The Balaban J connectivity index is 0.00000134. The molecule has 0 radical (unpaired) electrons. The molecule has 0 unspecified atom stereocenters. The molecule has 1 aromatic carbocycles. The second-order valence-electron chi connectivity index (χ2n) is 11.2. The Morgan fingerprint density at radius 3 is 1.28 bits per heavy atom. The lowest BCUT2D eigenvalue weighted by molar-refractivity contribution is -0.144. The predicted octanol–water partition coefficient (Wildman–Crippen LogP) is 10.5. The Morgan fingerprint density at radius 1 is 0.513 bits per heavy atom. The van der Waals surface area contributed by atoms with Crippen molar-refractivity contribution >= 4 is 11.9 Å². The van der Waals surface area contributed by atoms with Gasteiger partial charge in [-0.3, -0.25) is 9.59 Å². The second-order valence-corrected chi connectivity index (χ2v) is 11.2. The highest BCUT2D eigenvalue weighted by molar-refractivity contribution is 5.69. The van der Waals surface area contributed by atoms with E-state index in [1.54, 1.807) is 0 Å². The number of hydrogen-bond donors (Lipinski definition) is 0.